The number of amides is 1. The fourth-order valence-electron chi connectivity index (χ4n) is 1.05. The summed E-state index contributed by atoms with van der Waals surface area (Å²) in [6, 6.07) is 0. The highest BCUT2D eigenvalue weighted by molar-refractivity contribution is 7.13. The number of carbonyl (C=O) groups excluding carboxylic acids is 1. The fourth-order valence-corrected chi connectivity index (χ4v) is 1.52. The van der Waals surface area contributed by atoms with Gasteiger partial charge in [-0.05, 0) is 12.5 Å². The lowest BCUT2D eigenvalue weighted by molar-refractivity contribution is -0.117. The number of nitrogens with zero attached hydrogens (tertiary/aromatic N) is 2. The van der Waals surface area contributed by atoms with Crippen LogP contribution in [0.4, 0.5) is 5.13 Å². The molecule has 0 aliphatic rings. The molecule has 1 atom stereocenters. The molecule has 0 saturated heterocycles. The van der Waals surface area contributed by atoms with Crippen LogP contribution in [0.5, 0.6) is 0 Å². The van der Waals surface area contributed by atoms with Crippen molar-refractivity contribution in [3.8, 4) is 0 Å². The average molecular weight is 214 g/mol. The summed E-state index contributed by atoms with van der Waals surface area (Å²) in [6.07, 6.45) is 1.37. The van der Waals surface area contributed by atoms with Crippen LogP contribution in [0.3, 0.4) is 0 Å². The maximum absolute atomic E-state index is 11.4. The van der Waals surface area contributed by atoms with E-state index in [9.17, 15) is 4.79 Å². The first-order valence-corrected chi connectivity index (χ1v) is 5.40. The molecule has 0 fully saturated rings. The van der Waals surface area contributed by atoms with E-state index in [1.807, 2.05) is 6.92 Å². The van der Waals surface area contributed by atoms with Gasteiger partial charge in [0.15, 0.2) is 0 Å². The van der Waals surface area contributed by atoms with Crippen molar-refractivity contribution in [1.29, 1.82) is 0 Å². The standard InChI is InChI=1S/C8H14N4OS/c1-2-6(4-9)3-7(13)11-8-12-10-5-14-8/h5-6H,2-4,9H2,1H3,(H,11,12,13). The lowest BCUT2D eigenvalue weighted by atomic mass is 10.0. The molecule has 1 aromatic heterocycles. The lowest BCUT2D eigenvalue weighted by Gasteiger charge is -2.10. The minimum atomic E-state index is -0.0425. The third-order valence-corrected chi connectivity index (χ3v) is 2.60. The van der Waals surface area contributed by atoms with E-state index >= 15 is 0 Å². The van der Waals surface area contributed by atoms with Crippen LogP contribution >= 0.6 is 11.3 Å². The number of nitrogens with one attached hydrogen (secondary N) is 1. The van der Waals surface area contributed by atoms with E-state index in [4.69, 9.17) is 5.73 Å². The van der Waals surface area contributed by atoms with Crippen molar-refractivity contribution in [1.82, 2.24) is 10.2 Å². The molecule has 0 saturated carbocycles. The van der Waals surface area contributed by atoms with Crippen molar-refractivity contribution in [3.63, 3.8) is 0 Å². The number of rotatable bonds is 5. The van der Waals surface area contributed by atoms with Gasteiger partial charge in [-0.3, -0.25) is 4.79 Å². The van der Waals surface area contributed by atoms with Gasteiger partial charge in [0.05, 0.1) is 0 Å². The first-order chi connectivity index (χ1) is 6.76. The minimum absolute atomic E-state index is 0.0425. The smallest absolute Gasteiger partial charge is 0.226 e. The predicted octanol–water partition coefficient (Wildman–Crippen LogP) is 0.852. The van der Waals surface area contributed by atoms with Crippen LogP contribution in [0.15, 0.2) is 5.51 Å². The number of carbonyl (C=O) groups is 1. The van der Waals surface area contributed by atoms with E-state index in [1.165, 1.54) is 11.3 Å². The van der Waals surface area contributed by atoms with Gasteiger partial charge in [0, 0.05) is 6.42 Å². The highest BCUT2D eigenvalue weighted by atomic mass is 32.1. The molecule has 1 aromatic rings. The second-order valence-corrected chi connectivity index (χ2v) is 3.84. The molecule has 0 aromatic carbocycles. The van der Waals surface area contributed by atoms with Gasteiger partial charge in [-0.15, -0.1) is 10.2 Å². The molecule has 1 unspecified atom stereocenters. The number of anilines is 1. The predicted molar refractivity (Wildman–Crippen MR) is 56.0 cm³/mol. The Hall–Kier alpha value is -1.01. The van der Waals surface area contributed by atoms with Gasteiger partial charge in [0.2, 0.25) is 11.0 Å². The molecule has 3 N–H and O–H groups in total. The third-order valence-electron chi connectivity index (χ3n) is 1.99. The second-order valence-electron chi connectivity index (χ2n) is 3.01. The SMILES string of the molecule is CCC(CN)CC(=O)Nc1nncs1. The van der Waals surface area contributed by atoms with Gasteiger partial charge in [-0.1, -0.05) is 24.7 Å². The molecule has 0 aliphatic carbocycles. The van der Waals surface area contributed by atoms with E-state index in [0.29, 0.717) is 18.1 Å². The summed E-state index contributed by atoms with van der Waals surface area (Å²) in [5, 5.41) is 10.6. The van der Waals surface area contributed by atoms with Gasteiger partial charge in [-0.25, -0.2) is 0 Å². The van der Waals surface area contributed by atoms with Crippen LogP contribution in [0.1, 0.15) is 19.8 Å². The van der Waals surface area contributed by atoms with Crippen LogP contribution in [-0.4, -0.2) is 22.6 Å². The average Bonchev–Trinajstić information content (AvgIpc) is 2.66. The van der Waals surface area contributed by atoms with Gasteiger partial charge >= 0.3 is 0 Å². The summed E-state index contributed by atoms with van der Waals surface area (Å²) in [6.45, 7) is 2.57. The fraction of sp³-hybridized carbons (Fsp3) is 0.625. The third kappa shape index (κ3) is 3.39. The zero-order valence-corrected chi connectivity index (χ0v) is 8.88. The molecule has 0 aliphatic heterocycles. The van der Waals surface area contributed by atoms with E-state index in [2.05, 4.69) is 15.5 Å². The molecule has 1 amide bonds. The van der Waals surface area contributed by atoms with Crippen molar-refractivity contribution < 1.29 is 4.79 Å². The van der Waals surface area contributed by atoms with Crippen molar-refractivity contribution in [3.05, 3.63) is 5.51 Å². The van der Waals surface area contributed by atoms with E-state index in [1.54, 1.807) is 5.51 Å². The largest absolute Gasteiger partial charge is 0.330 e. The Morgan fingerprint density at radius 1 is 1.79 bits per heavy atom. The van der Waals surface area contributed by atoms with Gasteiger partial charge in [0.1, 0.15) is 5.51 Å². The number of aromatic nitrogens is 2. The molecular weight excluding hydrogens is 200 g/mol. The molecule has 0 spiro atoms. The van der Waals surface area contributed by atoms with Crippen LogP contribution in [0.2, 0.25) is 0 Å². The molecule has 0 bridgehead atoms. The lowest BCUT2D eigenvalue weighted by Crippen LogP contribution is -2.21. The summed E-state index contributed by atoms with van der Waals surface area (Å²) in [7, 11) is 0. The van der Waals surface area contributed by atoms with Gasteiger partial charge in [0.25, 0.3) is 0 Å². The Balaban J connectivity index is 2.35. The summed E-state index contributed by atoms with van der Waals surface area (Å²) in [5.41, 5.74) is 7.08. The summed E-state index contributed by atoms with van der Waals surface area (Å²) in [5.74, 6) is 0.210. The number of hydrogen-bond donors (Lipinski definition) is 2. The van der Waals surface area contributed by atoms with E-state index in [0.717, 1.165) is 6.42 Å². The van der Waals surface area contributed by atoms with Crippen molar-refractivity contribution in [2.75, 3.05) is 11.9 Å². The Morgan fingerprint density at radius 3 is 3.07 bits per heavy atom. The van der Waals surface area contributed by atoms with Gasteiger partial charge in [-0.2, -0.15) is 0 Å². The molecule has 0 radical (unpaired) electrons. The summed E-state index contributed by atoms with van der Waals surface area (Å²) < 4.78 is 0. The molecule has 1 heterocycles. The van der Waals surface area contributed by atoms with Crippen LogP contribution < -0.4 is 11.1 Å². The second kappa shape index (κ2) is 5.66. The highest BCUT2D eigenvalue weighted by Gasteiger charge is 2.11. The maximum atomic E-state index is 11.4. The number of hydrogen-bond acceptors (Lipinski definition) is 5. The quantitative estimate of drug-likeness (QED) is 0.761. The molecule has 14 heavy (non-hydrogen) atoms. The highest BCUT2D eigenvalue weighted by Crippen LogP contribution is 2.11. The molecule has 1 rings (SSSR count). The van der Waals surface area contributed by atoms with Crippen molar-refractivity contribution >= 4 is 22.4 Å². The summed E-state index contributed by atoms with van der Waals surface area (Å²) >= 11 is 1.31. The Kier molecular flexibility index (Phi) is 4.48. The monoisotopic (exact) mass is 214 g/mol. The first kappa shape index (κ1) is 11.1. The zero-order chi connectivity index (χ0) is 10.4. The Morgan fingerprint density at radius 2 is 2.57 bits per heavy atom. The van der Waals surface area contributed by atoms with Crippen LogP contribution in [-0.2, 0) is 4.79 Å². The zero-order valence-electron chi connectivity index (χ0n) is 8.06. The maximum Gasteiger partial charge on any atom is 0.226 e. The minimum Gasteiger partial charge on any atom is -0.330 e. The molecule has 5 nitrogen and oxygen atoms in total. The van der Waals surface area contributed by atoms with E-state index < -0.39 is 0 Å². The molecule has 78 valence electrons. The Labute approximate surface area is 86.7 Å². The van der Waals surface area contributed by atoms with E-state index in [-0.39, 0.29) is 11.8 Å². The first-order valence-electron chi connectivity index (χ1n) is 4.52. The summed E-state index contributed by atoms with van der Waals surface area (Å²) in [4.78, 5) is 11.4. The van der Waals surface area contributed by atoms with Gasteiger partial charge < -0.3 is 11.1 Å². The normalized spacial score (nSPS) is 12.4. The van der Waals surface area contributed by atoms with Crippen LogP contribution in [0.25, 0.3) is 0 Å². The molecule has 6 heteroatoms. The topological polar surface area (TPSA) is 80.9 Å². The number of nitrogens with two attached hydrogens (primary N) is 1. The van der Waals surface area contributed by atoms with Crippen molar-refractivity contribution in [2.24, 2.45) is 11.7 Å². The van der Waals surface area contributed by atoms with Crippen molar-refractivity contribution in [2.45, 2.75) is 19.8 Å². The Bertz CT molecular complexity index is 271. The molecular formula is C8H14N4OS. The van der Waals surface area contributed by atoms with Crippen LogP contribution in [0, 0.1) is 5.92 Å².